The summed E-state index contributed by atoms with van der Waals surface area (Å²) >= 11 is 0. The van der Waals surface area contributed by atoms with E-state index in [-0.39, 0.29) is 23.1 Å². The summed E-state index contributed by atoms with van der Waals surface area (Å²) in [7, 11) is 0. The fraction of sp³-hybridized carbons (Fsp3) is 0.619. The van der Waals surface area contributed by atoms with E-state index >= 15 is 0 Å². The van der Waals surface area contributed by atoms with Gasteiger partial charge in [0.25, 0.3) is 0 Å². The Labute approximate surface area is 160 Å². The molecule has 0 N–H and O–H groups in total. The highest BCUT2D eigenvalue weighted by Crippen LogP contribution is 2.40. The normalized spacial score (nSPS) is 24.6. The maximum Gasteiger partial charge on any atom is 0.228 e. The maximum absolute atomic E-state index is 13.0. The van der Waals surface area contributed by atoms with Gasteiger partial charge in [-0.1, -0.05) is 0 Å². The van der Waals surface area contributed by atoms with Gasteiger partial charge >= 0.3 is 0 Å². The third-order valence-electron chi connectivity index (χ3n) is 6.24. The molecule has 3 aliphatic heterocycles. The van der Waals surface area contributed by atoms with Crippen molar-refractivity contribution < 1.29 is 19.1 Å². The highest BCUT2D eigenvalue weighted by atomic mass is 16.5. The Bertz CT molecular complexity index is 697. The van der Waals surface area contributed by atoms with Gasteiger partial charge in [-0.15, -0.1) is 0 Å². The number of nitrogens with zero attached hydrogens (tertiary/aromatic N) is 2. The minimum Gasteiger partial charge on any atom is -0.494 e. The number of amides is 2. The number of rotatable bonds is 4. The minimum atomic E-state index is -0.237. The van der Waals surface area contributed by atoms with E-state index in [2.05, 4.69) is 0 Å². The summed E-state index contributed by atoms with van der Waals surface area (Å²) in [5.41, 5.74) is 1.08. The average molecular weight is 372 g/mol. The van der Waals surface area contributed by atoms with Crippen molar-refractivity contribution in [3.8, 4) is 5.75 Å². The molecule has 2 amide bonds. The molecule has 0 saturated carbocycles. The molecule has 1 aromatic rings. The third-order valence-corrected chi connectivity index (χ3v) is 6.24. The number of benzene rings is 1. The fourth-order valence-electron chi connectivity index (χ4n) is 4.61. The Balaban J connectivity index is 1.39. The number of hydrogen-bond donors (Lipinski definition) is 0. The summed E-state index contributed by atoms with van der Waals surface area (Å²) in [4.78, 5) is 29.3. The molecule has 0 radical (unpaired) electrons. The molecule has 1 unspecified atom stereocenters. The molecule has 1 atom stereocenters. The number of carbonyl (C=O) groups excluding carboxylic acids is 2. The average Bonchev–Trinajstić information content (AvgIpc) is 3.27. The van der Waals surface area contributed by atoms with Gasteiger partial charge in [-0.3, -0.25) is 9.59 Å². The zero-order chi connectivity index (χ0) is 18.9. The summed E-state index contributed by atoms with van der Waals surface area (Å²) in [6, 6.07) is 7.53. The quantitative estimate of drug-likeness (QED) is 0.815. The number of likely N-dealkylation sites (tertiary alicyclic amines) is 1. The molecular formula is C21H28N2O4. The fourth-order valence-corrected chi connectivity index (χ4v) is 4.61. The monoisotopic (exact) mass is 372 g/mol. The van der Waals surface area contributed by atoms with Gasteiger partial charge in [0.1, 0.15) is 5.75 Å². The highest BCUT2D eigenvalue weighted by Gasteiger charge is 2.44. The highest BCUT2D eigenvalue weighted by molar-refractivity contribution is 6.00. The molecular weight excluding hydrogens is 344 g/mol. The molecule has 6 nitrogen and oxygen atoms in total. The summed E-state index contributed by atoms with van der Waals surface area (Å²) in [6.45, 7) is 6.26. The summed E-state index contributed by atoms with van der Waals surface area (Å²) in [6.07, 6.45) is 3.45. The van der Waals surface area contributed by atoms with Crippen molar-refractivity contribution in [1.82, 2.24) is 4.90 Å². The van der Waals surface area contributed by atoms with Crippen LogP contribution in [0.15, 0.2) is 24.3 Å². The Morgan fingerprint density at radius 2 is 1.96 bits per heavy atom. The molecule has 3 aliphatic rings. The molecule has 3 saturated heterocycles. The summed E-state index contributed by atoms with van der Waals surface area (Å²) < 4.78 is 10.9. The lowest BCUT2D eigenvalue weighted by atomic mass is 9.80. The van der Waals surface area contributed by atoms with E-state index in [1.54, 1.807) is 4.90 Å². The zero-order valence-corrected chi connectivity index (χ0v) is 16.0. The van der Waals surface area contributed by atoms with E-state index in [0.29, 0.717) is 19.6 Å². The van der Waals surface area contributed by atoms with Crippen molar-refractivity contribution in [3.05, 3.63) is 24.3 Å². The van der Waals surface area contributed by atoms with E-state index in [0.717, 1.165) is 57.0 Å². The summed E-state index contributed by atoms with van der Waals surface area (Å²) in [5, 5.41) is 0. The van der Waals surface area contributed by atoms with Crippen LogP contribution in [0.1, 0.15) is 32.6 Å². The molecule has 146 valence electrons. The second-order valence-electron chi connectivity index (χ2n) is 7.95. The van der Waals surface area contributed by atoms with E-state index < -0.39 is 0 Å². The number of carbonyl (C=O) groups is 2. The van der Waals surface area contributed by atoms with Crippen molar-refractivity contribution in [3.63, 3.8) is 0 Å². The van der Waals surface area contributed by atoms with Crippen molar-refractivity contribution in [2.75, 3.05) is 44.4 Å². The first-order valence-corrected chi connectivity index (χ1v) is 10.00. The van der Waals surface area contributed by atoms with Gasteiger partial charge in [-0.2, -0.15) is 0 Å². The molecule has 0 aliphatic carbocycles. The van der Waals surface area contributed by atoms with E-state index in [1.807, 2.05) is 36.1 Å². The first-order valence-electron chi connectivity index (χ1n) is 10.00. The predicted molar refractivity (Wildman–Crippen MR) is 102 cm³/mol. The molecule has 3 fully saturated rings. The van der Waals surface area contributed by atoms with Crippen LogP contribution in [-0.2, 0) is 14.3 Å². The Kier molecular flexibility index (Phi) is 5.08. The van der Waals surface area contributed by atoms with Gasteiger partial charge in [0.15, 0.2) is 0 Å². The van der Waals surface area contributed by atoms with E-state index in [1.165, 1.54) is 0 Å². The largest absolute Gasteiger partial charge is 0.494 e. The lowest BCUT2D eigenvalue weighted by molar-refractivity contribution is -0.135. The standard InChI is InChI=1S/C21H28N2O4/c1-2-27-18-5-3-17(4-6-18)23-14-16(13-19(23)24)20(25)22-10-7-21(15-22)8-11-26-12-9-21/h3-6,16H,2,7-15H2,1H3. The van der Waals surface area contributed by atoms with Crippen LogP contribution < -0.4 is 9.64 Å². The van der Waals surface area contributed by atoms with Crippen molar-refractivity contribution >= 4 is 17.5 Å². The van der Waals surface area contributed by atoms with Gasteiger partial charge in [-0.05, 0) is 55.9 Å². The molecule has 3 heterocycles. The second kappa shape index (κ2) is 7.50. The van der Waals surface area contributed by atoms with Crippen LogP contribution in [0.4, 0.5) is 5.69 Å². The first kappa shape index (κ1) is 18.3. The summed E-state index contributed by atoms with van der Waals surface area (Å²) in [5.74, 6) is 0.719. The molecule has 0 aromatic heterocycles. The molecule has 4 rings (SSSR count). The molecule has 1 spiro atoms. The molecule has 27 heavy (non-hydrogen) atoms. The molecule has 6 heteroatoms. The van der Waals surface area contributed by atoms with Crippen LogP contribution in [0.3, 0.4) is 0 Å². The maximum atomic E-state index is 13.0. The van der Waals surface area contributed by atoms with Crippen molar-refractivity contribution in [2.45, 2.75) is 32.6 Å². The minimum absolute atomic E-state index is 0.0255. The van der Waals surface area contributed by atoms with Gasteiger partial charge < -0.3 is 19.3 Å². The van der Waals surface area contributed by atoms with Crippen LogP contribution >= 0.6 is 0 Å². The number of ether oxygens (including phenoxy) is 2. The molecule has 1 aromatic carbocycles. The second-order valence-corrected chi connectivity index (χ2v) is 7.95. The number of hydrogen-bond acceptors (Lipinski definition) is 4. The third kappa shape index (κ3) is 3.68. The Morgan fingerprint density at radius 1 is 1.22 bits per heavy atom. The van der Waals surface area contributed by atoms with Gasteiger partial charge in [0.2, 0.25) is 11.8 Å². The predicted octanol–water partition coefficient (Wildman–Crippen LogP) is 2.47. The van der Waals surface area contributed by atoms with Crippen LogP contribution in [-0.4, -0.2) is 56.2 Å². The van der Waals surface area contributed by atoms with Crippen molar-refractivity contribution in [2.24, 2.45) is 11.3 Å². The van der Waals surface area contributed by atoms with E-state index in [4.69, 9.17) is 9.47 Å². The van der Waals surface area contributed by atoms with Crippen LogP contribution in [0, 0.1) is 11.3 Å². The van der Waals surface area contributed by atoms with Gasteiger partial charge in [0, 0.05) is 45.0 Å². The lowest BCUT2D eigenvalue weighted by Crippen LogP contribution is -2.39. The van der Waals surface area contributed by atoms with Crippen LogP contribution in [0.2, 0.25) is 0 Å². The van der Waals surface area contributed by atoms with Crippen LogP contribution in [0.5, 0.6) is 5.75 Å². The Morgan fingerprint density at radius 3 is 2.67 bits per heavy atom. The first-order chi connectivity index (χ1) is 13.1. The Hall–Kier alpha value is -2.08. The number of anilines is 1. The van der Waals surface area contributed by atoms with Gasteiger partial charge in [-0.25, -0.2) is 0 Å². The van der Waals surface area contributed by atoms with E-state index in [9.17, 15) is 9.59 Å². The van der Waals surface area contributed by atoms with Crippen molar-refractivity contribution in [1.29, 1.82) is 0 Å². The topological polar surface area (TPSA) is 59.1 Å². The smallest absolute Gasteiger partial charge is 0.228 e. The van der Waals surface area contributed by atoms with Crippen LogP contribution in [0.25, 0.3) is 0 Å². The van der Waals surface area contributed by atoms with Gasteiger partial charge in [0.05, 0.1) is 12.5 Å². The SMILES string of the molecule is CCOc1ccc(N2CC(C(=O)N3CCC4(CCOCC4)C3)CC2=O)cc1. The molecule has 0 bridgehead atoms. The lowest BCUT2D eigenvalue weighted by Gasteiger charge is -2.33. The zero-order valence-electron chi connectivity index (χ0n) is 16.0.